The minimum absolute atomic E-state index is 0.0672. The number of hydrogen-bond donors (Lipinski definition) is 2. The molecule has 0 radical (unpaired) electrons. The van der Waals surface area contributed by atoms with Gasteiger partial charge in [-0.2, -0.15) is 0 Å². The number of piperidine rings is 1. The van der Waals surface area contributed by atoms with Crippen LogP contribution in [0.25, 0.3) is 0 Å². The van der Waals surface area contributed by atoms with Crippen molar-refractivity contribution < 1.29 is 4.92 Å². The molecule has 6 heteroatoms. The van der Waals surface area contributed by atoms with Crippen molar-refractivity contribution in [3.8, 4) is 0 Å². The summed E-state index contributed by atoms with van der Waals surface area (Å²) in [5.74, 6) is 1.28. The highest BCUT2D eigenvalue weighted by atomic mass is 16.6. The maximum absolute atomic E-state index is 10.7. The van der Waals surface area contributed by atoms with Crippen molar-refractivity contribution in [1.82, 2.24) is 10.3 Å². The van der Waals surface area contributed by atoms with E-state index in [2.05, 4.69) is 22.5 Å². The lowest BCUT2D eigenvalue weighted by Crippen LogP contribution is -2.38. The highest BCUT2D eigenvalue weighted by molar-refractivity contribution is 5.45. The van der Waals surface area contributed by atoms with Gasteiger partial charge in [-0.25, -0.2) is 4.98 Å². The monoisotopic (exact) mass is 264 g/mol. The Labute approximate surface area is 112 Å². The van der Waals surface area contributed by atoms with Gasteiger partial charge in [0.25, 0.3) is 5.69 Å². The Morgan fingerprint density at radius 3 is 2.95 bits per heavy atom. The van der Waals surface area contributed by atoms with Crippen LogP contribution in [0, 0.1) is 23.0 Å². The lowest BCUT2D eigenvalue weighted by atomic mass is 9.93. The highest BCUT2D eigenvalue weighted by Crippen LogP contribution is 2.21. The van der Waals surface area contributed by atoms with Crippen molar-refractivity contribution in [3.05, 3.63) is 27.9 Å². The van der Waals surface area contributed by atoms with Crippen molar-refractivity contribution >= 4 is 11.5 Å². The van der Waals surface area contributed by atoms with E-state index in [0.29, 0.717) is 23.5 Å². The molecule has 2 rings (SSSR count). The molecule has 1 aliphatic heterocycles. The van der Waals surface area contributed by atoms with Crippen molar-refractivity contribution in [1.29, 1.82) is 0 Å². The molecule has 104 valence electrons. The van der Waals surface area contributed by atoms with Crippen LogP contribution in [-0.2, 0) is 0 Å². The van der Waals surface area contributed by atoms with Gasteiger partial charge in [0.2, 0.25) is 0 Å². The number of nitrogens with one attached hydrogen (secondary N) is 2. The molecule has 2 heterocycles. The number of aromatic nitrogens is 1. The average Bonchev–Trinajstić information content (AvgIpc) is 2.39. The number of aryl methyl sites for hydroxylation is 1. The summed E-state index contributed by atoms with van der Waals surface area (Å²) in [5.41, 5.74) is 0.515. The fraction of sp³-hybridized carbons (Fsp3) is 0.615. The molecular formula is C13H20N4O2. The van der Waals surface area contributed by atoms with Gasteiger partial charge >= 0.3 is 0 Å². The number of hydrogen-bond acceptors (Lipinski definition) is 5. The molecule has 1 aliphatic rings. The molecule has 0 bridgehead atoms. The third kappa shape index (κ3) is 3.41. The Hall–Kier alpha value is -1.69. The highest BCUT2D eigenvalue weighted by Gasteiger charge is 2.20. The fourth-order valence-electron chi connectivity index (χ4n) is 2.48. The first kappa shape index (κ1) is 13.7. The summed E-state index contributed by atoms with van der Waals surface area (Å²) in [6.07, 6.45) is 2.40. The summed E-state index contributed by atoms with van der Waals surface area (Å²) in [4.78, 5) is 14.6. The van der Waals surface area contributed by atoms with Gasteiger partial charge in [-0.15, -0.1) is 0 Å². The molecule has 0 saturated carbocycles. The Balaban J connectivity index is 2.02. The number of rotatable bonds is 4. The molecule has 6 nitrogen and oxygen atoms in total. The Morgan fingerprint density at radius 2 is 2.37 bits per heavy atom. The molecule has 2 N–H and O–H groups in total. The van der Waals surface area contributed by atoms with Crippen molar-refractivity contribution in [2.45, 2.75) is 32.7 Å². The van der Waals surface area contributed by atoms with Crippen molar-refractivity contribution in [2.75, 3.05) is 18.4 Å². The topological polar surface area (TPSA) is 80.1 Å². The van der Waals surface area contributed by atoms with Crippen LogP contribution in [0.3, 0.4) is 0 Å². The van der Waals surface area contributed by atoms with Gasteiger partial charge in [0.15, 0.2) is 0 Å². The van der Waals surface area contributed by atoms with Gasteiger partial charge in [-0.05, 0) is 51.8 Å². The quantitative estimate of drug-likeness (QED) is 0.643. The minimum Gasteiger partial charge on any atom is -0.367 e. The third-order valence-corrected chi connectivity index (χ3v) is 3.67. The van der Waals surface area contributed by atoms with Gasteiger partial charge in [0, 0.05) is 12.1 Å². The van der Waals surface area contributed by atoms with Gasteiger partial charge in [0.1, 0.15) is 11.5 Å². The molecule has 1 aromatic rings. The summed E-state index contributed by atoms with van der Waals surface area (Å²) in [6, 6.07) is 3.50. The van der Waals surface area contributed by atoms with Crippen LogP contribution in [0.2, 0.25) is 0 Å². The molecule has 0 aliphatic carbocycles. The van der Waals surface area contributed by atoms with E-state index in [1.807, 2.05) is 0 Å². The van der Waals surface area contributed by atoms with Gasteiger partial charge in [-0.1, -0.05) is 0 Å². The van der Waals surface area contributed by atoms with E-state index in [4.69, 9.17) is 0 Å². The number of anilines is 1. The maximum Gasteiger partial charge on any atom is 0.290 e. The zero-order valence-electron chi connectivity index (χ0n) is 11.3. The Morgan fingerprint density at radius 1 is 1.58 bits per heavy atom. The van der Waals surface area contributed by atoms with E-state index in [1.54, 1.807) is 13.0 Å². The van der Waals surface area contributed by atoms with Crippen LogP contribution in [0.15, 0.2) is 12.1 Å². The van der Waals surface area contributed by atoms with Crippen LogP contribution in [-0.4, -0.2) is 29.0 Å². The predicted octanol–water partition coefficient (Wildman–Crippen LogP) is 2.10. The van der Waals surface area contributed by atoms with Gasteiger partial charge in [-0.3, -0.25) is 10.1 Å². The second-order valence-corrected chi connectivity index (χ2v) is 5.10. The lowest BCUT2D eigenvalue weighted by Gasteiger charge is -2.29. The molecule has 1 aromatic heterocycles. The number of pyridine rings is 1. The zero-order chi connectivity index (χ0) is 13.8. The summed E-state index contributed by atoms with van der Waals surface area (Å²) in [7, 11) is 0. The largest absolute Gasteiger partial charge is 0.367 e. The van der Waals surface area contributed by atoms with Crippen LogP contribution in [0.4, 0.5) is 11.5 Å². The number of nitrogens with zero attached hydrogens (tertiary/aromatic N) is 2. The lowest BCUT2D eigenvalue weighted by molar-refractivity contribution is -0.385. The van der Waals surface area contributed by atoms with Crippen LogP contribution < -0.4 is 10.6 Å². The van der Waals surface area contributed by atoms with E-state index in [0.717, 1.165) is 13.1 Å². The smallest absolute Gasteiger partial charge is 0.290 e. The summed E-state index contributed by atoms with van der Waals surface area (Å²) in [6.45, 7) is 5.91. The molecule has 0 spiro atoms. The average molecular weight is 264 g/mol. The number of nitro groups is 1. The predicted molar refractivity (Wildman–Crippen MR) is 74.3 cm³/mol. The zero-order valence-corrected chi connectivity index (χ0v) is 11.3. The fourth-order valence-corrected chi connectivity index (χ4v) is 2.48. The van der Waals surface area contributed by atoms with Gasteiger partial charge in [0.05, 0.1) is 4.92 Å². The minimum atomic E-state index is -0.402. The van der Waals surface area contributed by atoms with Crippen molar-refractivity contribution in [3.63, 3.8) is 0 Å². The second-order valence-electron chi connectivity index (χ2n) is 5.10. The molecule has 2 atom stereocenters. The normalized spacial score (nSPS) is 20.8. The summed E-state index contributed by atoms with van der Waals surface area (Å²) < 4.78 is 0. The van der Waals surface area contributed by atoms with E-state index < -0.39 is 4.92 Å². The standard InChI is InChI=1S/C13H20N4O2/c1-9(11-4-3-7-14-8-11)15-13-6-5-12(17(18)19)10(2)16-13/h5-6,9,11,14H,3-4,7-8H2,1-2H3,(H,15,16). The van der Waals surface area contributed by atoms with Gasteiger partial charge < -0.3 is 10.6 Å². The molecule has 1 fully saturated rings. The molecule has 19 heavy (non-hydrogen) atoms. The van der Waals surface area contributed by atoms with Crippen LogP contribution >= 0.6 is 0 Å². The Kier molecular flexibility index (Phi) is 4.31. The van der Waals surface area contributed by atoms with Crippen LogP contribution in [0.1, 0.15) is 25.5 Å². The second kappa shape index (κ2) is 5.97. The van der Waals surface area contributed by atoms with E-state index in [-0.39, 0.29) is 5.69 Å². The summed E-state index contributed by atoms with van der Waals surface area (Å²) in [5, 5.41) is 17.5. The maximum atomic E-state index is 10.7. The van der Waals surface area contributed by atoms with E-state index >= 15 is 0 Å². The van der Waals surface area contributed by atoms with E-state index in [9.17, 15) is 10.1 Å². The van der Waals surface area contributed by atoms with E-state index in [1.165, 1.54) is 18.9 Å². The Bertz CT molecular complexity index is 458. The first-order chi connectivity index (χ1) is 9.08. The SMILES string of the molecule is Cc1nc(NC(C)C2CCCNC2)ccc1[N+](=O)[O-]. The first-order valence-electron chi connectivity index (χ1n) is 6.67. The third-order valence-electron chi connectivity index (χ3n) is 3.67. The molecule has 2 unspecified atom stereocenters. The van der Waals surface area contributed by atoms with Crippen molar-refractivity contribution in [2.24, 2.45) is 5.92 Å². The molecular weight excluding hydrogens is 244 g/mol. The molecule has 0 aromatic carbocycles. The summed E-state index contributed by atoms with van der Waals surface area (Å²) >= 11 is 0. The molecule has 0 amide bonds. The van der Waals surface area contributed by atoms with Crippen LogP contribution in [0.5, 0.6) is 0 Å². The first-order valence-corrected chi connectivity index (χ1v) is 6.67. The molecule has 1 saturated heterocycles.